The van der Waals surface area contributed by atoms with E-state index in [9.17, 15) is 14.3 Å². The number of carbonyl (C=O) groups excluding carboxylic acids is 1. The van der Waals surface area contributed by atoms with Crippen LogP contribution in [0, 0.1) is 0 Å². The molecule has 28 heavy (non-hydrogen) atoms. The molecule has 1 aromatic carbocycles. The van der Waals surface area contributed by atoms with Crippen molar-refractivity contribution in [1.82, 2.24) is 5.32 Å². The minimum atomic E-state index is -2.64. The first kappa shape index (κ1) is 22.8. The highest BCUT2D eigenvalue weighted by Crippen LogP contribution is 2.46. The van der Waals surface area contributed by atoms with Gasteiger partial charge in [-0.25, -0.2) is 4.79 Å². The molecule has 1 fully saturated rings. The van der Waals surface area contributed by atoms with E-state index in [1.165, 1.54) is 0 Å². The highest BCUT2D eigenvalue weighted by atomic mass is 31.1. The normalized spacial score (nSPS) is 18.8. The molecule has 0 aromatic heterocycles. The number of rotatable bonds is 7. The minimum absolute atomic E-state index is 0.0628. The number of carbonyl (C=O) groups is 1. The Morgan fingerprint density at radius 2 is 1.82 bits per heavy atom. The molecule has 1 amide bonds. The summed E-state index contributed by atoms with van der Waals surface area (Å²) in [6.45, 7) is 7.72. The van der Waals surface area contributed by atoms with Gasteiger partial charge in [-0.3, -0.25) is 4.57 Å². The summed E-state index contributed by atoms with van der Waals surface area (Å²) in [5.41, 5.74) is 0.553. The lowest BCUT2D eigenvalue weighted by atomic mass is 9.89. The zero-order valence-electron chi connectivity index (χ0n) is 17.4. The predicted molar refractivity (Wildman–Crippen MR) is 112 cm³/mol. The van der Waals surface area contributed by atoms with Gasteiger partial charge in [0.15, 0.2) is 8.03 Å². The lowest BCUT2D eigenvalue weighted by molar-refractivity contribution is 0.0508. The number of amides is 1. The maximum absolute atomic E-state index is 11.9. The first-order valence-electron chi connectivity index (χ1n) is 10.0. The summed E-state index contributed by atoms with van der Waals surface area (Å²) in [6.07, 6.45) is 4.87. The van der Waals surface area contributed by atoms with Crippen LogP contribution in [-0.4, -0.2) is 34.4 Å². The van der Waals surface area contributed by atoms with Gasteiger partial charge in [0, 0.05) is 6.04 Å². The Labute approximate surface area is 168 Å². The quantitative estimate of drug-likeness (QED) is 0.636. The van der Waals surface area contributed by atoms with Crippen molar-refractivity contribution in [1.29, 1.82) is 0 Å². The smallest absolute Gasteiger partial charge is 0.407 e. The average Bonchev–Trinajstić information content (AvgIpc) is 2.60. The molecule has 1 aromatic rings. The van der Waals surface area contributed by atoms with E-state index >= 15 is 0 Å². The monoisotopic (exact) mass is 411 g/mol. The first-order valence-corrected chi connectivity index (χ1v) is 11.4. The van der Waals surface area contributed by atoms with Crippen LogP contribution in [0.15, 0.2) is 24.3 Å². The maximum atomic E-state index is 11.9. The van der Waals surface area contributed by atoms with Crippen molar-refractivity contribution in [2.24, 2.45) is 0 Å². The Morgan fingerprint density at radius 3 is 2.36 bits per heavy atom. The summed E-state index contributed by atoms with van der Waals surface area (Å²) in [6, 6.07) is 7.60. The third-order valence-corrected chi connectivity index (χ3v) is 6.56. The number of ether oxygens (including phenoxy) is 2. The average molecular weight is 411 g/mol. The number of hydrogen-bond acceptors (Lipinski definition) is 4. The number of nitrogens with one attached hydrogen (secondary N) is 1. The fourth-order valence-corrected chi connectivity index (χ4v) is 4.48. The Hall–Kier alpha value is -1.52. The largest absolute Gasteiger partial charge is 0.492 e. The second-order valence-corrected chi connectivity index (χ2v) is 10.5. The van der Waals surface area contributed by atoms with Gasteiger partial charge in [0.2, 0.25) is 0 Å². The summed E-state index contributed by atoms with van der Waals surface area (Å²) < 4.78 is 23.0. The molecule has 2 unspecified atom stereocenters. The van der Waals surface area contributed by atoms with Gasteiger partial charge < -0.3 is 19.7 Å². The van der Waals surface area contributed by atoms with Crippen LogP contribution in [0.25, 0.3) is 0 Å². The second kappa shape index (κ2) is 9.80. The lowest BCUT2D eigenvalue weighted by Gasteiger charge is -2.34. The third kappa shape index (κ3) is 7.14. The van der Waals surface area contributed by atoms with Gasteiger partial charge in [-0.1, -0.05) is 31.4 Å². The van der Waals surface area contributed by atoms with Gasteiger partial charge in [-0.15, -0.1) is 0 Å². The number of alkyl carbamates (subject to hydrolysis) is 1. The molecule has 2 N–H and O–H groups in total. The van der Waals surface area contributed by atoms with E-state index in [0.717, 1.165) is 37.7 Å². The number of hydrogen-bond donors (Lipinski definition) is 2. The van der Waals surface area contributed by atoms with Crippen molar-refractivity contribution < 1.29 is 23.7 Å². The van der Waals surface area contributed by atoms with Gasteiger partial charge in [0.25, 0.3) is 0 Å². The second-order valence-electron chi connectivity index (χ2n) is 8.83. The van der Waals surface area contributed by atoms with Crippen molar-refractivity contribution in [2.45, 2.75) is 83.0 Å². The number of benzene rings is 1. The third-order valence-electron chi connectivity index (χ3n) is 5.01. The van der Waals surface area contributed by atoms with Crippen LogP contribution >= 0.6 is 8.03 Å². The molecular weight excluding hydrogens is 377 g/mol. The molecule has 2 atom stereocenters. The summed E-state index contributed by atoms with van der Waals surface area (Å²) in [4.78, 5) is 21.7. The maximum Gasteiger partial charge on any atom is 0.407 e. The predicted octanol–water partition coefficient (Wildman–Crippen LogP) is 4.69. The molecule has 0 heterocycles. The van der Waals surface area contributed by atoms with Gasteiger partial charge >= 0.3 is 6.09 Å². The standard InChI is InChI=1S/C21H34NO5P/c1-16(22-19(23)27-20(2,3)4)14-17-8-10-18(11-9-17)26-15-21(28(24)25)12-6-5-7-13-21/h8-11,16,28H,5-7,12-15H2,1-4H3,(H,22,23)(H,24,25). The zero-order chi connectivity index (χ0) is 20.8. The molecule has 0 saturated heterocycles. The summed E-state index contributed by atoms with van der Waals surface area (Å²) >= 11 is 0. The van der Waals surface area contributed by atoms with E-state index in [1.807, 2.05) is 52.0 Å². The first-order chi connectivity index (χ1) is 13.1. The van der Waals surface area contributed by atoms with Gasteiger partial charge in [0.05, 0.1) is 5.16 Å². The molecule has 0 spiro atoms. The molecule has 6 nitrogen and oxygen atoms in total. The van der Waals surface area contributed by atoms with E-state index in [-0.39, 0.29) is 12.6 Å². The molecule has 2 rings (SSSR count). The van der Waals surface area contributed by atoms with Crippen LogP contribution in [-0.2, 0) is 15.7 Å². The molecule has 1 aliphatic rings. The summed E-state index contributed by atoms with van der Waals surface area (Å²) in [5, 5.41) is 2.26. The molecule has 158 valence electrons. The molecular formula is C21H34NO5P. The van der Waals surface area contributed by atoms with Crippen LogP contribution in [0.4, 0.5) is 4.79 Å². The fourth-order valence-electron chi connectivity index (χ4n) is 3.51. The van der Waals surface area contributed by atoms with Crippen molar-refractivity contribution in [3.63, 3.8) is 0 Å². The van der Waals surface area contributed by atoms with Crippen molar-refractivity contribution in [3.8, 4) is 5.75 Å². The van der Waals surface area contributed by atoms with Crippen LogP contribution in [0.1, 0.15) is 65.4 Å². The molecule has 7 heteroatoms. The van der Waals surface area contributed by atoms with Crippen molar-refractivity contribution in [2.75, 3.05) is 6.61 Å². The van der Waals surface area contributed by atoms with Crippen molar-refractivity contribution >= 4 is 14.1 Å². The van der Waals surface area contributed by atoms with Gasteiger partial charge in [0.1, 0.15) is 18.0 Å². The van der Waals surface area contributed by atoms with Crippen molar-refractivity contribution in [3.05, 3.63) is 29.8 Å². The lowest BCUT2D eigenvalue weighted by Crippen LogP contribution is -2.38. The Bertz CT molecular complexity index is 662. The van der Waals surface area contributed by atoms with Crippen LogP contribution in [0.2, 0.25) is 0 Å². The molecule has 0 radical (unpaired) electrons. The van der Waals surface area contributed by atoms with Gasteiger partial charge in [-0.05, 0) is 64.7 Å². The minimum Gasteiger partial charge on any atom is -0.492 e. The molecule has 1 aliphatic carbocycles. The molecule has 0 bridgehead atoms. The zero-order valence-corrected chi connectivity index (χ0v) is 18.4. The topological polar surface area (TPSA) is 84.9 Å². The highest BCUT2D eigenvalue weighted by molar-refractivity contribution is 7.40. The van der Waals surface area contributed by atoms with E-state index in [4.69, 9.17) is 9.47 Å². The Kier molecular flexibility index (Phi) is 7.97. The van der Waals surface area contributed by atoms with Gasteiger partial charge in [-0.2, -0.15) is 0 Å². The van der Waals surface area contributed by atoms with Crippen LogP contribution in [0.5, 0.6) is 5.75 Å². The van der Waals surface area contributed by atoms with E-state index in [1.54, 1.807) is 0 Å². The Morgan fingerprint density at radius 1 is 1.21 bits per heavy atom. The highest BCUT2D eigenvalue weighted by Gasteiger charge is 2.38. The fraction of sp³-hybridized carbons (Fsp3) is 0.667. The molecule has 0 aliphatic heterocycles. The summed E-state index contributed by atoms with van der Waals surface area (Å²) in [5.74, 6) is 0.699. The van der Waals surface area contributed by atoms with E-state index in [2.05, 4.69) is 5.32 Å². The van der Waals surface area contributed by atoms with E-state index in [0.29, 0.717) is 12.2 Å². The van der Waals surface area contributed by atoms with E-state index < -0.39 is 24.9 Å². The van der Waals surface area contributed by atoms with Crippen LogP contribution in [0.3, 0.4) is 0 Å². The summed E-state index contributed by atoms with van der Waals surface area (Å²) in [7, 11) is -2.64. The SMILES string of the molecule is CC(Cc1ccc(OCC2([PH](=O)O)CCCCC2)cc1)NC(=O)OC(C)(C)C. The van der Waals surface area contributed by atoms with Crippen LogP contribution < -0.4 is 10.1 Å². The molecule has 1 saturated carbocycles. The Balaban J connectivity index is 1.85.